The molecule has 6 nitrogen and oxygen atoms in total. The molecule has 2 N–H and O–H groups in total. The van der Waals surface area contributed by atoms with Crippen molar-refractivity contribution in [2.24, 2.45) is 0 Å². The van der Waals surface area contributed by atoms with Gasteiger partial charge >= 0.3 is 0 Å². The maximum atomic E-state index is 13.9. The number of imidazole rings is 1. The zero-order chi connectivity index (χ0) is 20.2. The maximum absolute atomic E-state index is 13.9. The first-order chi connectivity index (χ1) is 14.1. The van der Waals surface area contributed by atoms with Crippen LogP contribution in [0.2, 0.25) is 0 Å². The van der Waals surface area contributed by atoms with Gasteiger partial charge in [-0.3, -0.25) is 9.59 Å². The molecule has 154 valence electrons. The summed E-state index contributed by atoms with van der Waals surface area (Å²) in [6.45, 7) is 0.669. The summed E-state index contributed by atoms with van der Waals surface area (Å²) in [6.07, 6.45) is 9.22. The van der Waals surface area contributed by atoms with Crippen LogP contribution in [0.1, 0.15) is 78.2 Å². The van der Waals surface area contributed by atoms with Gasteiger partial charge in [-0.25, -0.2) is 9.37 Å². The number of nitrogens with zero attached hydrogens (tertiary/aromatic N) is 2. The lowest BCUT2D eigenvalue weighted by Crippen LogP contribution is -2.36. The Balaban J connectivity index is 1.57. The van der Waals surface area contributed by atoms with Crippen LogP contribution < -0.4 is 10.6 Å². The van der Waals surface area contributed by atoms with Gasteiger partial charge in [0.1, 0.15) is 5.82 Å². The van der Waals surface area contributed by atoms with Gasteiger partial charge in [0.05, 0.1) is 11.4 Å². The van der Waals surface area contributed by atoms with Crippen LogP contribution in [0.25, 0.3) is 0 Å². The van der Waals surface area contributed by atoms with E-state index in [9.17, 15) is 14.0 Å². The summed E-state index contributed by atoms with van der Waals surface area (Å²) in [5.74, 6) is -0.901. The van der Waals surface area contributed by atoms with E-state index in [1.807, 2.05) is 4.57 Å². The molecule has 1 aliphatic carbocycles. The topological polar surface area (TPSA) is 76.0 Å². The summed E-state index contributed by atoms with van der Waals surface area (Å²) < 4.78 is 15.8. The van der Waals surface area contributed by atoms with Gasteiger partial charge in [-0.1, -0.05) is 37.8 Å². The quantitative estimate of drug-likeness (QED) is 0.763. The molecule has 2 aromatic rings. The lowest BCUT2D eigenvalue weighted by atomic mass is 10.1. The standard InChI is InChI=1S/C22H27FN4O2/c23-16-11-5-6-12-17(16)25-21(28)19-18-13-7-8-14-27(18)20(26-19)22(29)24-15-9-3-1-2-4-10-15/h5-6,11-12,15H,1-4,7-10,13-14H2,(H,24,29)(H,25,28). The van der Waals surface area contributed by atoms with Crippen LogP contribution in [0.15, 0.2) is 24.3 Å². The summed E-state index contributed by atoms with van der Waals surface area (Å²) in [5.41, 5.74) is 1.09. The van der Waals surface area contributed by atoms with Gasteiger partial charge < -0.3 is 15.2 Å². The number of carbonyl (C=O) groups is 2. The molecule has 2 heterocycles. The van der Waals surface area contributed by atoms with E-state index < -0.39 is 11.7 Å². The molecule has 1 aromatic heterocycles. The first kappa shape index (κ1) is 19.6. The second kappa shape index (κ2) is 8.76. The van der Waals surface area contributed by atoms with Gasteiger partial charge in [0.25, 0.3) is 11.8 Å². The van der Waals surface area contributed by atoms with Gasteiger partial charge in [0.2, 0.25) is 0 Å². The van der Waals surface area contributed by atoms with Crippen molar-refractivity contribution >= 4 is 17.5 Å². The molecule has 4 rings (SSSR count). The first-order valence-electron chi connectivity index (χ1n) is 10.6. The highest BCUT2D eigenvalue weighted by Gasteiger charge is 2.28. The van der Waals surface area contributed by atoms with Crippen molar-refractivity contribution in [1.29, 1.82) is 0 Å². The number of benzene rings is 1. The van der Waals surface area contributed by atoms with E-state index in [0.29, 0.717) is 18.8 Å². The largest absolute Gasteiger partial charge is 0.347 e. The third kappa shape index (κ3) is 4.33. The molecule has 2 aliphatic rings. The number of para-hydroxylation sites is 1. The molecule has 29 heavy (non-hydrogen) atoms. The maximum Gasteiger partial charge on any atom is 0.287 e. The summed E-state index contributed by atoms with van der Waals surface area (Å²) in [6, 6.07) is 6.20. The minimum atomic E-state index is -0.500. The van der Waals surface area contributed by atoms with Gasteiger partial charge in [-0.05, 0) is 44.2 Å². The number of carbonyl (C=O) groups excluding carboxylic acids is 2. The molecule has 0 atom stereocenters. The zero-order valence-electron chi connectivity index (χ0n) is 16.5. The number of halogens is 1. The second-order valence-electron chi connectivity index (χ2n) is 7.94. The molecule has 0 saturated heterocycles. The third-order valence-corrected chi connectivity index (χ3v) is 5.85. The summed E-state index contributed by atoms with van der Waals surface area (Å²) >= 11 is 0. The van der Waals surface area contributed by atoms with Crippen LogP contribution in [0.5, 0.6) is 0 Å². The zero-order valence-corrected chi connectivity index (χ0v) is 16.5. The van der Waals surface area contributed by atoms with Gasteiger partial charge in [0, 0.05) is 12.6 Å². The molecule has 1 aliphatic heterocycles. The van der Waals surface area contributed by atoms with Crippen LogP contribution in [-0.4, -0.2) is 27.4 Å². The Morgan fingerprint density at radius 1 is 1.00 bits per heavy atom. The number of fused-ring (bicyclic) bond motifs is 1. The highest BCUT2D eigenvalue weighted by molar-refractivity contribution is 6.05. The third-order valence-electron chi connectivity index (χ3n) is 5.85. The van der Waals surface area contributed by atoms with E-state index in [2.05, 4.69) is 15.6 Å². The number of rotatable bonds is 4. The number of hydrogen-bond donors (Lipinski definition) is 2. The number of nitrogens with one attached hydrogen (secondary N) is 2. The summed E-state index contributed by atoms with van der Waals surface area (Å²) in [7, 11) is 0. The smallest absolute Gasteiger partial charge is 0.287 e. The number of aromatic nitrogens is 2. The van der Waals surface area contributed by atoms with Crippen LogP contribution >= 0.6 is 0 Å². The Bertz CT molecular complexity index is 900. The molecule has 0 radical (unpaired) electrons. The lowest BCUT2D eigenvalue weighted by Gasteiger charge is -2.19. The molecule has 0 unspecified atom stereocenters. The predicted octanol–water partition coefficient (Wildman–Crippen LogP) is 4.06. The van der Waals surface area contributed by atoms with Crippen LogP contribution in [0, 0.1) is 5.82 Å². The molecular weight excluding hydrogens is 371 g/mol. The fourth-order valence-electron chi connectivity index (χ4n) is 4.32. The Morgan fingerprint density at radius 3 is 2.52 bits per heavy atom. The fraction of sp³-hybridized carbons (Fsp3) is 0.500. The number of hydrogen-bond acceptors (Lipinski definition) is 3. The molecule has 1 saturated carbocycles. The molecule has 0 spiro atoms. The Hall–Kier alpha value is -2.70. The van der Waals surface area contributed by atoms with E-state index in [0.717, 1.165) is 44.2 Å². The molecule has 0 bridgehead atoms. The second-order valence-corrected chi connectivity index (χ2v) is 7.94. The average Bonchev–Trinajstić information content (AvgIpc) is 2.93. The summed E-state index contributed by atoms with van der Waals surface area (Å²) in [4.78, 5) is 30.2. The molecule has 7 heteroatoms. The van der Waals surface area contributed by atoms with Crippen LogP contribution in [0.3, 0.4) is 0 Å². The van der Waals surface area contributed by atoms with Gasteiger partial charge in [0.15, 0.2) is 11.5 Å². The lowest BCUT2D eigenvalue weighted by molar-refractivity contribution is 0.0917. The monoisotopic (exact) mass is 398 g/mol. The molecule has 1 aromatic carbocycles. The van der Waals surface area contributed by atoms with E-state index >= 15 is 0 Å². The van der Waals surface area contributed by atoms with Gasteiger partial charge in [-0.15, -0.1) is 0 Å². The van der Waals surface area contributed by atoms with E-state index in [1.165, 1.54) is 25.0 Å². The fourth-order valence-corrected chi connectivity index (χ4v) is 4.32. The first-order valence-corrected chi connectivity index (χ1v) is 10.6. The van der Waals surface area contributed by atoms with E-state index in [-0.39, 0.29) is 23.3 Å². The van der Waals surface area contributed by atoms with Crippen molar-refractivity contribution < 1.29 is 14.0 Å². The Morgan fingerprint density at radius 2 is 1.76 bits per heavy atom. The minimum absolute atomic E-state index is 0.111. The average molecular weight is 398 g/mol. The van der Waals surface area contributed by atoms with Crippen molar-refractivity contribution in [2.45, 2.75) is 70.4 Å². The van der Waals surface area contributed by atoms with Gasteiger partial charge in [-0.2, -0.15) is 0 Å². The van der Waals surface area contributed by atoms with Crippen LogP contribution in [-0.2, 0) is 13.0 Å². The van der Waals surface area contributed by atoms with Crippen molar-refractivity contribution in [3.8, 4) is 0 Å². The van der Waals surface area contributed by atoms with Crippen molar-refractivity contribution in [3.05, 3.63) is 47.3 Å². The highest BCUT2D eigenvalue weighted by atomic mass is 19.1. The number of amides is 2. The molecule has 2 amide bonds. The highest BCUT2D eigenvalue weighted by Crippen LogP contribution is 2.24. The van der Waals surface area contributed by atoms with Crippen molar-refractivity contribution in [1.82, 2.24) is 14.9 Å². The van der Waals surface area contributed by atoms with Crippen molar-refractivity contribution in [2.75, 3.05) is 5.32 Å². The van der Waals surface area contributed by atoms with E-state index in [4.69, 9.17) is 0 Å². The minimum Gasteiger partial charge on any atom is -0.347 e. The Labute approximate surface area is 169 Å². The summed E-state index contributed by atoms with van der Waals surface area (Å²) in [5, 5.41) is 5.72. The predicted molar refractivity (Wildman–Crippen MR) is 108 cm³/mol. The SMILES string of the molecule is O=C(Nc1ccccc1F)c1nc(C(=O)NC2CCCCCC2)n2c1CCCC2. The number of anilines is 1. The normalized spacial score (nSPS) is 17.3. The molecule has 1 fully saturated rings. The van der Waals surface area contributed by atoms with Crippen molar-refractivity contribution in [3.63, 3.8) is 0 Å². The molecular formula is C22H27FN4O2. The van der Waals surface area contributed by atoms with E-state index in [1.54, 1.807) is 12.1 Å². The Kier molecular flexibility index (Phi) is 5.92. The van der Waals surface area contributed by atoms with Crippen LogP contribution in [0.4, 0.5) is 10.1 Å².